The fourth-order valence-corrected chi connectivity index (χ4v) is 2.61. The minimum absolute atomic E-state index is 0.232. The van der Waals surface area contributed by atoms with Crippen molar-refractivity contribution in [2.45, 2.75) is 13.0 Å². The maximum absolute atomic E-state index is 13.7. The molecule has 0 amide bonds. The van der Waals surface area contributed by atoms with Gasteiger partial charge in [0.05, 0.1) is 7.11 Å². The summed E-state index contributed by atoms with van der Waals surface area (Å²) < 4.78 is 19.0. The maximum atomic E-state index is 13.7. The second-order valence-electron chi connectivity index (χ2n) is 5.72. The van der Waals surface area contributed by atoms with Gasteiger partial charge in [-0.2, -0.15) is 0 Å². The monoisotopic (exact) mass is 352 g/mol. The van der Waals surface area contributed by atoms with Gasteiger partial charge in [-0.05, 0) is 24.1 Å². The molecule has 6 heteroatoms. The summed E-state index contributed by atoms with van der Waals surface area (Å²) in [5.74, 6) is 2.00. The number of nitrogens with zero attached hydrogens (tertiary/aromatic N) is 2. The van der Waals surface area contributed by atoms with Crippen LogP contribution >= 0.6 is 0 Å². The number of halogens is 1. The molecule has 5 nitrogen and oxygen atoms in total. The van der Waals surface area contributed by atoms with E-state index < -0.39 is 0 Å². The van der Waals surface area contributed by atoms with Crippen LogP contribution in [-0.2, 0) is 13.0 Å². The van der Waals surface area contributed by atoms with E-state index >= 15 is 0 Å². The van der Waals surface area contributed by atoms with Crippen LogP contribution in [-0.4, -0.2) is 23.6 Å². The number of aromatic nitrogens is 2. The summed E-state index contributed by atoms with van der Waals surface area (Å²) in [7, 11) is 1.67. The number of ether oxygens (including phenoxy) is 1. The summed E-state index contributed by atoms with van der Waals surface area (Å²) in [6.45, 7) is 1.08. The predicted molar refractivity (Wildman–Crippen MR) is 101 cm³/mol. The van der Waals surface area contributed by atoms with Gasteiger partial charge >= 0.3 is 0 Å². The number of rotatable bonds is 8. The molecule has 0 aliphatic rings. The zero-order valence-electron chi connectivity index (χ0n) is 14.6. The van der Waals surface area contributed by atoms with Crippen LogP contribution in [0.15, 0.2) is 60.9 Å². The third-order valence-corrected chi connectivity index (χ3v) is 3.98. The Morgan fingerprint density at radius 2 is 1.62 bits per heavy atom. The summed E-state index contributed by atoms with van der Waals surface area (Å²) in [5, 5.41) is 6.39. The van der Waals surface area contributed by atoms with Gasteiger partial charge < -0.3 is 15.4 Å². The van der Waals surface area contributed by atoms with E-state index in [1.54, 1.807) is 19.2 Å². The molecular weight excluding hydrogens is 331 g/mol. The molecule has 0 spiro atoms. The van der Waals surface area contributed by atoms with E-state index in [4.69, 9.17) is 4.74 Å². The predicted octanol–water partition coefficient (Wildman–Crippen LogP) is 3.89. The largest absolute Gasteiger partial charge is 0.496 e. The van der Waals surface area contributed by atoms with E-state index in [2.05, 4.69) is 20.6 Å². The Hall–Kier alpha value is -3.15. The number of nitrogens with one attached hydrogen (secondary N) is 2. The van der Waals surface area contributed by atoms with Crippen molar-refractivity contribution < 1.29 is 9.13 Å². The molecular formula is C20H21FN4O. The van der Waals surface area contributed by atoms with Crippen molar-refractivity contribution in [2.24, 2.45) is 0 Å². The number of anilines is 2. The molecule has 0 unspecified atom stereocenters. The lowest BCUT2D eigenvalue weighted by Crippen LogP contribution is -2.09. The minimum Gasteiger partial charge on any atom is -0.496 e. The lowest BCUT2D eigenvalue weighted by atomic mass is 10.1. The van der Waals surface area contributed by atoms with Crippen molar-refractivity contribution in [1.82, 2.24) is 9.97 Å². The summed E-state index contributed by atoms with van der Waals surface area (Å²) in [6.07, 6.45) is 2.29. The molecule has 0 radical (unpaired) electrons. The quantitative estimate of drug-likeness (QED) is 0.644. The van der Waals surface area contributed by atoms with Crippen LogP contribution in [0.1, 0.15) is 11.1 Å². The van der Waals surface area contributed by atoms with E-state index in [0.29, 0.717) is 30.3 Å². The van der Waals surface area contributed by atoms with E-state index in [1.165, 1.54) is 12.4 Å². The molecule has 3 aromatic rings. The summed E-state index contributed by atoms with van der Waals surface area (Å²) in [4.78, 5) is 8.39. The van der Waals surface area contributed by atoms with Crippen molar-refractivity contribution in [3.05, 3.63) is 77.9 Å². The molecule has 2 aromatic carbocycles. The molecule has 0 saturated carbocycles. The fraction of sp³-hybridized carbons (Fsp3) is 0.200. The van der Waals surface area contributed by atoms with Crippen LogP contribution in [0.5, 0.6) is 5.75 Å². The second-order valence-corrected chi connectivity index (χ2v) is 5.72. The Labute approximate surface area is 152 Å². The van der Waals surface area contributed by atoms with Gasteiger partial charge in [-0.3, -0.25) is 0 Å². The van der Waals surface area contributed by atoms with Gasteiger partial charge in [0.1, 0.15) is 29.5 Å². The SMILES string of the molecule is COc1ccccc1CCNc1cc(NCc2ccccc2F)ncn1. The van der Waals surface area contributed by atoms with E-state index in [1.807, 2.05) is 36.4 Å². The van der Waals surface area contributed by atoms with Crippen LogP contribution in [0.4, 0.5) is 16.0 Å². The van der Waals surface area contributed by atoms with Crippen molar-refractivity contribution in [3.8, 4) is 5.75 Å². The molecule has 134 valence electrons. The molecule has 3 rings (SSSR count). The Balaban J connectivity index is 1.55. The molecule has 1 aromatic heterocycles. The molecule has 0 fully saturated rings. The average molecular weight is 352 g/mol. The highest BCUT2D eigenvalue weighted by atomic mass is 19.1. The first-order valence-corrected chi connectivity index (χ1v) is 8.41. The van der Waals surface area contributed by atoms with Gasteiger partial charge in [-0.15, -0.1) is 0 Å². The van der Waals surface area contributed by atoms with Crippen molar-refractivity contribution in [1.29, 1.82) is 0 Å². The standard InChI is InChI=1S/C20H21FN4O/c1-26-18-9-5-3-6-15(18)10-11-22-19-12-20(25-14-24-19)23-13-16-7-2-4-8-17(16)21/h2-9,12,14H,10-11,13H2,1H3,(H2,22,23,24,25). The molecule has 2 N–H and O–H groups in total. The van der Waals surface area contributed by atoms with Gasteiger partial charge in [0.25, 0.3) is 0 Å². The second kappa shape index (κ2) is 8.80. The molecule has 0 saturated heterocycles. The van der Waals surface area contributed by atoms with Gasteiger partial charge in [0.2, 0.25) is 0 Å². The van der Waals surface area contributed by atoms with Crippen molar-refractivity contribution >= 4 is 11.6 Å². The average Bonchev–Trinajstić information content (AvgIpc) is 2.68. The number of hydrogen-bond donors (Lipinski definition) is 2. The van der Waals surface area contributed by atoms with Gasteiger partial charge in [-0.25, -0.2) is 14.4 Å². The topological polar surface area (TPSA) is 59.1 Å². The summed E-state index contributed by atoms with van der Waals surface area (Å²) in [5.41, 5.74) is 1.73. The highest BCUT2D eigenvalue weighted by molar-refractivity contribution is 5.47. The maximum Gasteiger partial charge on any atom is 0.131 e. The molecule has 0 atom stereocenters. The lowest BCUT2D eigenvalue weighted by molar-refractivity contribution is 0.410. The van der Waals surface area contributed by atoms with Gasteiger partial charge in [0, 0.05) is 24.7 Å². The van der Waals surface area contributed by atoms with Crippen LogP contribution < -0.4 is 15.4 Å². The van der Waals surface area contributed by atoms with Gasteiger partial charge in [0.15, 0.2) is 0 Å². The summed E-state index contributed by atoms with van der Waals surface area (Å²) >= 11 is 0. The lowest BCUT2D eigenvalue weighted by Gasteiger charge is -2.10. The number of hydrogen-bond acceptors (Lipinski definition) is 5. The Kier molecular flexibility index (Phi) is 5.98. The zero-order valence-corrected chi connectivity index (χ0v) is 14.6. The molecule has 26 heavy (non-hydrogen) atoms. The molecule has 0 aliphatic carbocycles. The van der Waals surface area contributed by atoms with Crippen LogP contribution in [0.3, 0.4) is 0 Å². The van der Waals surface area contributed by atoms with E-state index in [0.717, 1.165) is 17.7 Å². The Bertz CT molecular complexity index is 856. The van der Waals surface area contributed by atoms with Crippen LogP contribution in [0, 0.1) is 5.82 Å². The molecule has 1 heterocycles. The summed E-state index contributed by atoms with van der Waals surface area (Å²) in [6, 6.07) is 16.4. The smallest absolute Gasteiger partial charge is 0.131 e. The van der Waals surface area contributed by atoms with Gasteiger partial charge in [-0.1, -0.05) is 36.4 Å². The Morgan fingerprint density at radius 3 is 2.38 bits per heavy atom. The first-order valence-electron chi connectivity index (χ1n) is 8.41. The molecule has 0 aliphatic heterocycles. The highest BCUT2D eigenvalue weighted by Crippen LogP contribution is 2.18. The number of methoxy groups -OCH3 is 1. The van der Waals surface area contributed by atoms with Crippen LogP contribution in [0.25, 0.3) is 0 Å². The number of para-hydroxylation sites is 1. The first kappa shape index (κ1) is 17.7. The highest BCUT2D eigenvalue weighted by Gasteiger charge is 2.04. The van der Waals surface area contributed by atoms with Crippen LogP contribution in [0.2, 0.25) is 0 Å². The van der Waals surface area contributed by atoms with Crippen molar-refractivity contribution in [3.63, 3.8) is 0 Å². The third kappa shape index (κ3) is 4.69. The minimum atomic E-state index is -0.232. The number of benzene rings is 2. The third-order valence-electron chi connectivity index (χ3n) is 3.98. The zero-order chi connectivity index (χ0) is 18.2. The van der Waals surface area contributed by atoms with E-state index in [9.17, 15) is 4.39 Å². The Morgan fingerprint density at radius 1 is 0.923 bits per heavy atom. The van der Waals surface area contributed by atoms with E-state index in [-0.39, 0.29) is 5.82 Å². The molecule has 0 bridgehead atoms. The first-order chi connectivity index (χ1) is 12.8. The normalized spacial score (nSPS) is 10.4. The fourth-order valence-electron chi connectivity index (χ4n) is 2.61. The van der Waals surface area contributed by atoms with Crippen molar-refractivity contribution in [2.75, 3.05) is 24.3 Å².